The monoisotopic (exact) mass is 330 g/mol. The van der Waals surface area contributed by atoms with Crippen molar-refractivity contribution in [2.24, 2.45) is 0 Å². The van der Waals surface area contributed by atoms with Gasteiger partial charge in [0, 0.05) is 0 Å². The maximum absolute atomic E-state index is 12.7. The Kier molecular flexibility index (Phi) is 6.67. The van der Waals surface area contributed by atoms with Crippen molar-refractivity contribution < 1.29 is 14.4 Å². The molecular formula is C19H26N2O3. The van der Waals surface area contributed by atoms with E-state index in [0.29, 0.717) is 13.0 Å². The molecule has 5 heteroatoms. The van der Waals surface area contributed by atoms with Crippen LogP contribution in [0.4, 0.5) is 0 Å². The van der Waals surface area contributed by atoms with Crippen molar-refractivity contribution in [1.82, 2.24) is 10.2 Å². The van der Waals surface area contributed by atoms with Gasteiger partial charge in [-0.05, 0) is 45.2 Å². The third-order valence-corrected chi connectivity index (χ3v) is 4.43. The summed E-state index contributed by atoms with van der Waals surface area (Å²) in [4.78, 5) is 38.0. The molecular weight excluding hydrogens is 304 g/mol. The molecule has 1 saturated heterocycles. The standard InChI is InChI=1S/C19H26N2O3/c1-14(22)13-21-11-7-6-10-18(21)19(24)20-17(15(2)23)12-16-8-4-3-5-9-16/h3-5,8-9,17-18H,6-7,10-13H2,1-2H3,(H,20,24)/t17-,18-/m0/s1. The minimum absolute atomic E-state index is 0.0545. The highest BCUT2D eigenvalue weighted by Gasteiger charge is 2.31. The molecule has 24 heavy (non-hydrogen) atoms. The minimum atomic E-state index is -0.527. The lowest BCUT2D eigenvalue weighted by molar-refractivity contribution is -0.132. The van der Waals surface area contributed by atoms with E-state index in [1.807, 2.05) is 35.2 Å². The van der Waals surface area contributed by atoms with Crippen molar-refractivity contribution in [3.8, 4) is 0 Å². The maximum atomic E-state index is 12.7. The first kappa shape index (κ1) is 18.3. The molecule has 0 unspecified atom stereocenters. The number of Topliss-reactive ketones (excluding diaryl/α,β-unsaturated/α-hetero) is 2. The van der Waals surface area contributed by atoms with E-state index < -0.39 is 6.04 Å². The molecule has 0 spiro atoms. The summed E-state index contributed by atoms with van der Waals surface area (Å²) in [6, 6.07) is 8.82. The topological polar surface area (TPSA) is 66.5 Å². The van der Waals surface area contributed by atoms with Gasteiger partial charge in [0.15, 0.2) is 5.78 Å². The maximum Gasteiger partial charge on any atom is 0.237 e. The number of amides is 1. The van der Waals surface area contributed by atoms with E-state index in [2.05, 4.69) is 5.32 Å². The molecule has 2 rings (SSSR count). The van der Waals surface area contributed by atoms with Gasteiger partial charge in [0.1, 0.15) is 5.78 Å². The van der Waals surface area contributed by atoms with Crippen molar-refractivity contribution in [2.75, 3.05) is 13.1 Å². The van der Waals surface area contributed by atoms with Crippen LogP contribution >= 0.6 is 0 Å². The quantitative estimate of drug-likeness (QED) is 0.827. The number of carbonyl (C=O) groups is 3. The summed E-state index contributed by atoms with van der Waals surface area (Å²) in [6.07, 6.45) is 3.18. The molecule has 1 aromatic carbocycles. The van der Waals surface area contributed by atoms with E-state index in [1.165, 1.54) is 13.8 Å². The first-order valence-corrected chi connectivity index (χ1v) is 8.55. The van der Waals surface area contributed by atoms with Crippen molar-refractivity contribution in [3.05, 3.63) is 35.9 Å². The van der Waals surface area contributed by atoms with E-state index in [-0.39, 0.29) is 23.5 Å². The summed E-state index contributed by atoms with van der Waals surface area (Å²) in [5.74, 6) is -0.143. The molecule has 5 nitrogen and oxygen atoms in total. The summed E-state index contributed by atoms with van der Waals surface area (Å²) in [7, 11) is 0. The van der Waals surface area contributed by atoms with Gasteiger partial charge in [-0.3, -0.25) is 19.3 Å². The second kappa shape index (κ2) is 8.73. The number of nitrogens with one attached hydrogen (secondary N) is 1. The Labute approximate surface area is 143 Å². The molecule has 1 amide bonds. The van der Waals surface area contributed by atoms with Gasteiger partial charge in [0.05, 0.1) is 18.6 Å². The van der Waals surface area contributed by atoms with Crippen LogP contribution in [0.1, 0.15) is 38.7 Å². The number of piperidine rings is 1. The molecule has 0 bridgehead atoms. The lowest BCUT2D eigenvalue weighted by Crippen LogP contribution is -2.54. The zero-order chi connectivity index (χ0) is 17.5. The van der Waals surface area contributed by atoms with E-state index in [4.69, 9.17) is 0 Å². The number of nitrogens with zero attached hydrogens (tertiary/aromatic N) is 1. The van der Waals surface area contributed by atoms with Crippen LogP contribution in [-0.4, -0.2) is 47.5 Å². The number of hydrogen-bond acceptors (Lipinski definition) is 4. The van der Waals surface area contributed by atoms with Gasteiger partial charge in [0.25, 0.3) is 0 Å². The molecule has 1 aliphatic heterocycles. The molecule has 1 heterocycles. The molecule has 130 valence electrons. The Hall–Kier alpha value is -2.01. The summed E-state index contributed by atoms with van der Waals surface area (Å²) >= 11 is 0. The van der Waals surface area contributed by atoms with E-state index >= 15 is 0 Å². The predicted molar refractivity (Wildman–Crippen MR) is 92.7 cm³/mol. The largest absolute Gasteiger partial charge is 0.345 e. The van der Waals surface area contributed by atoms with Gasteiger partial charge in [-0.25, -0.2) is 0 Å². The smallest absolute Gasteiger partial charge is 0.237 e. The zero-order valence-corrected chi connectivity index (χ0v) is 14.5. The Bertz CT molecular complexity index is 586. The summed E-state index contributed by atoms with van der Waals surface area (Å²) in [5, 5.41) is 2.90. The molecule has 1 N–H and O–H groups in total. The van der Waals surface area contributed by atoms with E-state index in [0.717, 1.165) is 31.4 Å². The Balaban J connectivity index is 2.03. The van der Waals surface area contributed by atoms with Gasteiger partial charge < -0.3 is 5.32 Å². The summed E-state index contributed by atoms with van der Waals surface area (Å²) < 4.78 is 0. The molecule has 2 atom stereocenters. The third-order valence-electron chi connectivity index (χ3n) is 4.43. The number of hydrogen-bond donors (Lipinski definition) is 1. The van der Waals surface area contributed by atoms with Crippen molar-refractivity contribution in [3.63, 3.8) is 0 Å². The van der Waals surface area contributed by atoms with Crippen LogP contribution in [0.5, 0.6) is 0 Å². The van der Waals surface area contributed by atoms with E-state index in [1.54, 1.807) is 0 Å². The van der Waals surface area contributed by atoms with Crippen LogP contribution in [0.3, 0.4) is 0 Å². The number of ketones is 2. The fourth-order valence-corrected chi connectivity index (χ4v) is 3.18. The van der Waals surface area contributed by atoms with Crippen LogP contribution in [0, 0.1) is 0 Å². The highest BCUT2D eigenvalue weighted by Crippen LogP contribution is 2.17. The number of benzene rings is 1. The highest BCUT2D eigenvalue weighted by atomic mass is 16.2. The molecule has 0 saturated carbocycles. The van der Waals surface area contributed by atoms with Gasteiger partial charge >= 0.3 is 0 Å². The second-order valence-corrected chi connectivity index (χ2v) is 6.55. The molecule has 1 aromatic rings. The fraction of sp³-hybridized carbons (Fsp3) is 0.526. The third kappa shape index (κ3) is 5.27. The number of rotatable bonds is 7. The lowest BCUT2D eigenvalue weighted by Gasteiger charge is -2.34. The predicted octanol–water partition coefficient (Wildman–Crippen LogP) is 1.75. The van der Waals surface area contributed by atoms with Gasteiger partial charge in [-0.15, -0.1) is 0 Å². The first-order chi connectivity index (χ1) is 11.5. The fourth-order valence-electron chi connectivity index (χ4n) is 3.18. The molecule has 0 radical (unpaired) electrons. The molecule has 0 aliphatic carbocycles. The van der Waals surface area contributed by atoms with Crippen molar-refractivity contribution >= 4 is 17.5 Å². The molecule has 0 aromatic heterocycles. The van der Waals surface area contributed by atoms with Crippen LogP contribution < -0.4 is 5.32 Å². The Morgan fingerprint density at radius 2 is 1.88 bits per heavy atom. The van der Waals surface area contributed by atoms with Crippen LogP contribution in [0.25, 0.3) is 0 Å². The Morgan fingerprint density at radius 1 is 1.17 bits per heavy atom. The van der Waals surface area contributed by atoms with Gasteiger partial charge in [-0.2, -0.15) is 0 Å². The van der Waals surface area contributed by atoms with Crippen LogP contribution in [0.15, 0.2) is 30.3 Å². The zero-order valence-electron chi connectivity index (χ0n) is 14.5. The van der Waals surface area contributed by atoms with Crippen molar-refractivity contribution in [2.45, 2.75) is 51.6 Å². The molecule has 1 aliphatic rings. The van der Waals surface area contributed by atoms with Crippen LogP contribution in [0.2, 0.25) is 0 Å². The summed E-state index contributed by atoms with van der Waals surface area (Å²) in [5.41, 5.74) is 1.02. The average Bonchev–Trinajstić information content (AvgIpc) is 2.55. The number of carbonyl (C=O) groups excluding carboxylic acids is 3. The normalized spacial score (nSPS) is 19.5. The Morgan fingerprint density at radius 3 is 2.50 bits per heavy atom. The second-order valence-electron chi connectivity index (χ2n) is 6.55. The van der Waals surface area contributed by atoms with Gasteiger partial charge in [0.2, 0.25) is 5.91 Å². The van der Waals surface area contributed by atoms with Crippen LogP contribution in [-0.2, 0) is 20.8 Å². The van der Waals surface area contributed by atoms with Gasteiger partial charge in [-0.1, -0.05) is 36.8 Å². The minimum Gasteiger partial charge on any atom is -0.345 e. The lowest BCUT2D eigenvalue weighted by atomic mass is 9.99. The average molecular weight is 330 g/mol. The molecule has 1 fully saturated rings. The summed E-state index contributed by atoms with van der Waals surface area (Å²) in [6.45, 7) is 4.09. The SMILES string of the molecule is CC(=O)CN1CCCC[C@H]1C(=O)N[C@@H](Cc1ccccc1)C(C)=O. The van der Waals surface area contributed by atoms with E-state index in [9.17, 15) is 14.4 Å². The number of likely N-dealkylation sites (tertiary alicyclic amines) is 1. The van der Waals surface area contributed by atoms with Crippen molar-refractivity contribution in [1.29, 1.82) is 0 Å². The first-order valence-electron chi connectivity index (χ1n) is 8.55. The highest BCUT2D eigenvalue weighted by molar-refractivity contribution is 5.90.